The molecular formula is C13H16N4O. The maximum absolute atomic E-state index is 11.2. The summed E-state index contributed by atoms with van der Waals surface area (Å²) in [5.41, 5.74) is 7.37. The summed E-state index contributed by atoms with van der Waals surface area (Å²) in [4.78, 5) is 15.5. The Kier molecular flexibility index (Phi) is 3.62. The van der Waals surface area contributed by atoms with Gasteiger partial charge < -0.3 is 15.6 Å². The van der Waals surface area contributed by atoms with E-state index in [1.807, 2.05) is 35.0 Å². The number of aryl methyl sites for hydroxylation is 1. The molecule has 0 saturated carbocycles. The first-order valence-electron chi connectivity index (χ1n) is 5.78. The minimum atomic E-state index is 0.0203. The summed E-state index contributed by atoms with van der Waals surface area (Å²) in [5.74, 6) is 0.867. The van der Waals surface area contributed by atoms with Crippen molar-refractivity contribution in [1.29, 1.82) is 0 Å². The molecule has 0 radical (unpaired) electrons. The molecule has 0 bridgehead atoms. The van der Waals surface area contributed by atoms with Gasteiger partial charge in [0, 0.05) is 43.7 Å². The standard InChI is InChI=1S/C13H16N4O/c1-15-12(18)6-8-17-9-7-16-13(17)10-2-4-11(14)5-3-10/h2-5,7,9H,6,8,14H2,1H3,(H,15,18). The largest absolute Gasteiger partial charge is 0.399 e. The summed E-state index contributed by atoms with van der Waals surface area (Å²) in [6.45, 7) is 0.610. The fourth-order valence-electron chi connectivity index (χ4n) is 1.73. The average molecular weight is 244 g/mol. The van der Waals surface area contributed by atoms with E-state index in [0.29, 0.717) is 13.0 Å². The summed E-state index contributed by atoms with van der Waals surface area (Å²) in [5, 5.41) is 2.60. The molecule has 1 aromatic heterocycles. The van der Waals surface area contributed by atoms with Crippen LogP contribution in [0.1, 0.15) is 6.42 Å². The number of benzene rings is 1. The van der Waals surface area contributed by atoms with Crippen molar-refractivity contribution in [1.82, 2.24) is 14.9 Å². The second-order valence-corrected chi connectivity index (χ2v) is 3.99. The third-order valence-electron chi connectivity index (χ3n) is 2.74. The Morgan fingerprint density at radius 2 is 2.11 bits per heavy atom. The fourth-order valence-corrected chi connectivity index (χ4v) is 1.73. The number of imidazole rings is 1. The number of hydrogen-bond acceptors (Lipinski definition) is 3. The molecule has 2 aromatic rings. The normalized spacial score (nSPS) is 10.3. The van der Waals surface area contributed by atoms with Gasteiger partial charge in [-0.25, -0.2) is 4.98 Å². The van der Waals surface area contributed by atoms with Gasteiger partial charge in [0.05, 0.1) is 0 Å². The number of amides is 1. The summed E-state index contributed by atoms with van der Waals surface area (Å²) in [6.07, 6.45) is 4.04. The maximum atomic E-state index is 11.2. The van der Waals surface area contributed by atoms with Crippen molar-refractivity contribution in [2.75, 3.05) is 12.8 Å². The summed E-state index contributed by atoms with van der Waals surface area (Å²) in [7, 11) is 1.64. The highest BCUT2D eigenvalue weighted by Gasteiger charge is 2.07. The quantitative estimate of drug-likeness (QED) is 0.795. The molecule has 0 aliphatic heterocycles. The molecule has 18 heavy (non-hydrogen) atoms. The Labute approximate surface area is 106 Å². The van der Waals surface area contributed by atoms with Gasteiger partial charge in [-0.1, -0.05) is 0 Å². The molecular weight excluding hydrogens is 228 g/mol. The van der Waals surface area contributed by atoms with Crippen molar-refractivity contribution >= 4 is 11.6 Å². The molecule has 94 valence electrons. The van der Waals surface area contributed by atoms with Crippen molar-refractivity contribution in [2.45, 2.75) is 13.0 Å². The van der Waals surface area contributed by atoms with Crippen molar-refractivity contribution < 1.29 is 4.79 Å². The van der Waals surface area contributed by atoms with E-state index in [1.165, 1.54) is 0 Å². The summed E-state index contributed by atoms with van der Waals surface area (Å²) >= 11 is 0. The van der Waals surface area contributed by atoms with Gasteiger partial charge in [-0.05, 0) is 24.3 Å². The zero-order valence-corrected chi connectivity index (χ0v) is 10.3. The van der Waals surface area contributed by atoms with E-state index in [1.54, 1.807) is 13.2 Å². The van der Waals surface area contributed by atoms with Gasteiger partial charge in [0.2, 0.25) is 5.91 Å². The number of rotatable bonds is 4. The lowest BCUT2D eigenvalue weighted by molar-refractivity contribution is -0.120. The first-order valence-corrected chi connectivity index (χ1v) is 5.78. The lowest BCUT2D eigenvalue weighted by Crippen LogP contribution is -2.19. The fraction of sp³-hybridized carbons (Fsp3) is 0.231. The number of carbonyl (C=O) groups is 1. The molecule has 0 aliphatic rings. The highest BCUT2D eigenvalue weighted by molar-refractivity contribution is 5.75. The van der Waals surface area contributed by atoms with Crippen molar-refractivity contribution in [3.8, 4) is 11.4 Å². The zero-order chi connectivity index (χ0) is 13.0. The maximum Gasteiger partial charge on any atom is 0.221 e. The second-order valence-electron chi connectivity index (χ2n) is 3.99. The molecule has 0 aliphatic carbocycles. The van der Waals surface area contributed by atoms with Crippen LogP contribution in [0.4, 0.5) is 5.69 Å². The van der Waals surface area contributed by atoms with Crippen LogP contribution in [0, 0.1) is 0 Å². The Morgan fingerprint density at radius 1 is 1.39 bits per heavy atom. The van der Waals surface area contributed by atoms with E-state index in [2.05, 4.69) is 10.3 Å². The van der Waals surface area contributed by atoms with E-state index in [4.69, 9.17) is 5.73 Å². The first-order chi connectivity index (χ1) is 8.70. The van der Waals surface area contributed by atoms with Crippen LogP contribution in [0.15, 0.2) is 36.7 Å². The number of aromatic nitrogens is 2. The van der Waals surface area contributed by atoms with Gasteiger partial charge in [-0.15, -0.1) is 0 Å². The molecule has 0 atom stereocenters. The van der Waals surface area contributed by atoms with Crippen LogP contribution < -0.4 is 11.1 Å². The molecule has 1 heterocycles. The molecule has 0 fully saturated rings. The van der Waals surface area contributed by atoms with Gasteiger partial charge in [-0.2, -0.15) is 0 Å². The third-order valence-corrected chi connectivity index (χ3v) is 2.74. The lowest BCUT2D eigenvalue weighted by atomic mass is 10.2. The van der Waals surface area contributed by atoms with Crippen LogP contribution in [0.25, 0.3) is 11.4 Å². The Balaban J connectivity index is 2.17. The summed E-state index contributed by atoms with van der Waals surface area (Å²) < 4.78 is 1.96. The molecule has 0 saturated heterocycles. The molecule has 0 spiro atoms. The van der Waals surface area contributed by atoms with Crippen molar-refractivity contribution in [3.05, 3.63) is 36.7 Å². The predicted molar refractivity (Wildman–Crippen MR) is 70.8 cm³/mol. The molecule has 5 heteroatoms. The van der Waals surface area contributed by atoms with E-state index in [0.717, 1.165) is 17.1 Å². The van der Waals surface area contributed by atoms with Crippen LogP contribution >= 0.6 is 0 Å². The van der Waals surface area contributed by atoms with Crippen LogP contribution in [0.3, 0.4) is 0 Å². The van der Waals surface area contributed by atoms with Crippen molar-refractivity contribution in [3.63, 3.8) is 0 Å². The number of carbonyl (C=O) groups excluding carboxylic acids is 1. The van der Waals surface area contributed by atoms with Gasteiger partial charge in [0.1, 0.15) is 5.82 Å². The average Bonchev–Trinajstić information content (AvgIpc) is 2.85. The number of nitrogens with one attached hydrogen (secondary N) is 1. The van der Waals surface area contributed by atoms with Crippen LogP contribution in [-0.4, -0.2) is 22.5 Å². The highest BCUT2D eigenvalue weighted by Crippen LogP contribution is 2.19. The molecule has 0 unspecified atom stereocenters. The topological polar surface area (TPSA) is 72.9 Å². The van der Waals surface area contributed by atoms with Crippen LogP contribution in [0.2, 0.25) is 0 Å². The molecule has 1 aromatic carbocycles. The number of hydrogen-bond donors (Lipinski definition) is 2. The third kappa shape index (κ3) is 2.68. The minimum absolute atomic E-state index is 0.0203. The van der Waals surface area contributed by atoms with Gasteiger partial charge in [0.15, 0.2) is 0 Å². The van der Waals surface area contributed by atoms with Gasteiger partial charge >= 0.3 is 0 Å². The van der Waals surface area contributed by atoms with Crippen LogP contribution in [0.5, 0.6) is 0 Å². The highest BCUT2D eigenvalue weighted by atomic mass is 16.1. The molecule has 5 nitrogen and oxygen atoms in total. The lowest BCUT2D eigenvalue weighted by Gasteiger charge is -2.07. The van der Waals surface area contributed by atoms with Gasteiger partial charge in [-0.3, -0.25) is 4.79 Å². The van der Waals surface area contributed by atoms with E-state index in [9.17, 15) is 4.79 Å². The monoisotopic (exact) mass is 244 g/mol. The zero-order valence-electron chi connectivity index (χ0n) is 10.3. The van der Waals surface area contributed by atoms with E-state index in [-0.39, 0.29) is 5.91 Å². The smallest absolute Gasteiger partial charge is 0.221 e. The number of nitrogens with two attached hydrogens (primary N) is 1. The first kappa shape index (κ1) is 12.2. The number of nitrogens with zero attached hydrogens (tertiary/aromatic N) is 2. The Morgan fingerprint density at radius 3 is 2.78 bits per heavy atom. The summed E-state index contributed by atoms with van der Waals surface area (Å²) in [6, 6.07) is 7.53. The number of nitrogen functional groups attached to an aromatic ring is 1. The second kappa shape index (κ2) is 5.35. The number of anilines is 1. The van der Waals surface area contributed by atoms with Crippen molar-refractivity contribution in [2.24, 2.45) is 0 Å². The molecule has 3 N–H and O–H groups in total. The predicted octanol–water partition coefficient (Wildman–Crippen LogP) is 1.27. The Bertz CT molecular complexity index is 530. The van der Waals surface area contributed by atoms with E-state index >= 15 is 0 Å². The van der Waals surface area contributed by atoms with Crippen LogP contribution in [-0.2, 0) is 11.3 Å². The SMILES string of the molecule is CNC(=O)CCn1ccnc1-c1ccc(N)cc1. The molecule has 1 amide bonds. The molecule has 2 rings (SSSR count). The van der Waals surface area contributed by atoms with Gasteiger partial charge in [0.25, 0.3) is 0 Å². The Hall–Kier alpha value is -2.30. The minimum Gasteiger partial charge on any atom is -0.399 e. The van der Waals surface area contributed by atoms with E-state index < -0.39 is 0 Å².